The van der Waals surface area contributed by atoms with E-state index in [1.807, 2.05) is 0 Å². The molecule has 0 aliphatic rings. The van der Waals surface area contributed by atoms with Crippen molar-refractivity contribution in [1.29, 1.82) is 0 Å². The van der Waals surface area contributed by atoms with Crippen molar-refractivity contribution in [1.82, 2.24) is 15.3 Å². The minimum atomic E-state index is -0.599. The molecule has 12 heavy (non-hydrogen) atoms. The average molecular weight is 188 g/mol. The summed E-state index contributed by atoms with van der Waals surface area (Å²) in [4.78, 5) is 27.2. The molecule has 0 spiro atoms. The van der Waals surface area contributed by atoms with Crippen LogP contribution < -0.4 is 11.0 Å². The summed E-state index contributed by atoms with van der Waals surface area (Å²) in [6, 6.07) is 0. The molecule has 0 aliphatic carbocycles. The Morgan fingerprint density at radius 2 is 2.42 bits per heavy atom. The number of hydrogen-bond donors (Lipinski definition) is 2. The van der Waals surface area contributed by atoms with E-state index in [0.717, 1.165) is 6.20 Å². The number of aromatic nitrogens is 2. The van der Waals surface area contributed by atoms with Crippen molar-refractivity contribution in [3.63, 3.8) is 0 Å². The smallest absolute Gasteiger partial charge is 0.345 e. The lowest BCUT2D eigenvalue weighted by molar-refractivity contribution is 0.0958. The van der Waals surface area contributed by atoms with Gasteiger partial charge in [0.15, 0.2) is 0 Å². The van der Waals surface area contributed by atoms with Crippen molar-refractivity contribution in [2.45, 2.75) is 0 Å². The number of hydrogen-bond acceptors (Lipinski definition) is 3. The monoisotopic (exact) mass is 187 g/mol. The van der Waals surface area contributed by atoms with Gasteiger partial charge < -0.3 is 5.32 Å². The van der Waals surface area contributed by atoms with Crippen LogP contribution in [-0.4, -0.2) is 22.9 Å². The van der Waals surface area contributed by atoms with Crippen LogP contribution in [0.2, 0.25) is 5.02 Å². The van der Waals surface area contributed by atoms with Crippen molar-refractivity contribution in [2.24, 2.45) is 0 Å². The molecule has 0 bridgehead atoms. The molecule has 64 valence electrons. The second-order valence-electron chi connectivity index (χ2n) is 1.99. The van der Waals surface area contributed by atoms with E-state index in [1.165, 1.54) is 7.05 Å². The molecular weight excluding hydrogens is 182 g/mol. The molecular formula is C6H6ClN3O2. The van der Waals surface area contributed by atoms with Crippen LogP contribution in [0.4, 0.5) is 0 Å². The average Bonchev–Trinajstić information content (AvgIpc) is 2.08. The molecule has 1 aromatic rings. The van der Waals surface area contributed by atoms with Crippen LogP contribution in [0.3, 0.4) is 0 Å². The second-order valence-corrected chi connectivity index (χ2v) is 2.40. The molecule has 0 saturated carbocycles. The Morgan fingerprint density at radius 1 is 1.75 bits per heavy atom. The maximum atomic E-state index is 11.0. The summed E-state index contributed by atoms with van der Waals surface area (Å²) >= 11 is 5.58. The van der Waals surface area contributed by atoms with Crippen LogP contribution in [0.15, 0.2) is 11.0 Å². The van der Waals surface area contributed by atoms with E-state index in [-0.39, 0.29) is 10.7 Å². The SMILES string of the molecule is CNC(=O)c1[nH]c(=O)ncc1Cl. The molecule has 0 aromatic carbocycles. The number of amides is 1. The highest BCUT2D eigenvalue weighted by Gasteiger charge is 2.08. The summed E-state index contributed by atoms with van der Waals surface area (Å²) in [7, 11) is 1.44. The van der Waals surface area contributed by atoms with Gasteiger partial charge in [-0.05, 0) is 0 Å². The van der Waals surface area contributed by atoms with Gasteiger partial charge in [0.25, 0.3) is 5.91 Å². The highest BCUT2D eigenvalue weighted by molar-refractivity contribution is 6.33. The van der Waals surface area contributed by atoms with E-state index >= 15 is 0 Å². The van der Waals surface area contributed by atoms with E-state index in [4.69, 9.17) is 11.6 Å². The lowest BCUT2D eigenvalue weighted by Crippen LogP contribution is -2.24. The summed E-state index contributed by atoms with van der Waals surface area (Å²) in [6.45, 7) is 0. The van der Waals surface area contributed by atoms with Gasteiger partial charge in [0, 0.05) is 7.05 Å². The minimum Gasteiger partial charge on any atom is -0.354 e. The summed E-state index contributed by atoms with van der Waals surface area (Å²) in [6.07, 6.45) is 1.13. The fourth-order valence-electron chi connectivity index (χ4n) is 0.669. The van der Waals surface area contributed by atoms with E-state index in [9.17, 15) is 9.59 Å². The number of nitrogens with zero attached hydrogens (tertiary/aromatic N) is 1. The van der Waals surface area contributed by atoms with Crippen molar-refractivity contribution in [2.75, 3.05) is 7.05 Å². The lowest BCUT2D eigenvalue weighted by atomic mass is 10.4. The van der Waals surface area contributed by atoms with Crippen LogP contribution in [-0.2, 0) is 0 Å². The molecule has 0 radical (unpaired) electrons. The normalized spacial score (nSPS) is 9.50. The second kappa shape index (κ2) is 3.36. The first kappa shape index (κ1) is 8.73. The largest absolute Gasteiger partial charge is 0.354 e. The van der Waals surface area contributed by atoms with Gasteiger partial charge in [-0.25, -0.2) is 9.78 Å². The van der Waals surface area contributed by atoms with Gasteiger partial charge in [-0.15, -0.1) is 0 Å². The van der Waals surface area contributed by atoms with Gasteiger partial charge in [0.2, 0.25) is 0 Å². The molecule has 1 aromatic heterocycles. The Hall–Kier alpha value is -1.36. The molecule has 1 rings (SSSR count). The molecule has 0 atom stereocenters. The van der Waals surface area contributed by atoms with E-state index < -0.39 is 11.6 Å². The number of carbonyl (C=O) groups is 1. The van der Waals surface area contributed by atoms with Crippen LogP contribution >= 0.6 is 11.6 Å². The quantitative estimate of drug-likeness (QED) is 0.639. The lowest BCUT2D eigenvalue weighted by Gasteiger charge is -1.99. The standard InChI is InChI=1S/C6H6ClN3O2/c1-8-5(11)4-3(7)2-9-6(12)10-4/h2H,1H3,(H,8,11)(H,9,10,12). The number of halogens is 1. The van der Waals surface area contributed by atoms with Gasteiger partial charge in [-0.3, -0.25) is 9.78 Å². The highest BCUT2D eigenvalue weighted by atomic mass is 35.5. The fourth-order valence-corrected chi connectivity index (χ4v) is 0.851. The van der Waals surface area contributed by atoms with Gasteiger partial charge in [-0.2, -0.15) is 0 Å². The first-order chi connectivity index (χ1) is 5.65. The summed E-state index contributed by atoms with van der Waals surface area (Å²) < 4.78 is 0. The molecule has 1 amide bonds. The zero-order valence-electron chi connectivity index (χ0n) is 6.22. The van der Waals surface area contributed by atoms with Crippen molar-refractivity contribution in [3.05, 3.63) is 27.4 Å². The molecule has 1 heterocycles. The molecule has 0 saturated heterocycles. The van der Waals surface area contributed by atoms with Gasteiger partial charge in [0.05, 0.1) is 11.2 Å². The Morgan fingerprint density at radius 3 is 3.00 bits per heavy atom. The Labute approximate surface area is 72.8 Å². The number of carbonyl (C=O) groups excluding carboxylic acids is 1. The molecule has 0 unspecified atom stereocenters. The van der Waals surface area contributed by atoms with Gasteiger partial charge >= 0.3 is 5.69 Å². The van der Waals surface area contributed by atoms with E-state index in [0.29, 0.717) is 0 Å². The first-order valence-electron chi connectivity index (χ1n) is 3.12. The Kier molecular flexibility index (Phi) is 2.44. The summed E-state index contributed by atoms with van der Waals surface area (Å²) in [5.41, 5.74) is -0.572. The number of aromatic amines is 1. The van der Waals surface area contributed by atoms with Crippen LogP contribution in [0.1, 0.15) is 10.5 Å². The third kappa shape index (κ3) is 1.62. The maximum absolute atomic E-state index is 11.0. The maximum Gasteiger partial charge on any atom is 0.345 e. The van der Waals surface area contributed by atoms with Crippen LogP contribution in [0.25, 0.3) is 0 Å². The predicted molar refractivity (Wildman–Crippen MR) is 43.3 cm³/mol. The third-order valence-electron chi connectivity index (χ3n) is 1.22. The predicted octanol–water partition coefficient (Wildman–Crippen LogP) is -0.217. The first-order valence-corrected chi connectivity index (χ1v) is 3.50. The van der Waals surface area contributed by atoms with Gasteiger partial charge in [-0.1, -0.05) is 11.6 Å². The zero-order valence-corrected chi connectivity index (χ0v) is 6.97. The Balaban J connectivity index is 3.22. The third-order valence-corrected chi connectivity index (χ3v) is 1.51. The number of rotatable bonds is 1. The van der Waals surface area contributed by atoms with Crippen LogP contribution in [0.5, 0.6) is 0 Å². The van der Waals surface area contributed by atoms with Gasteiger partial charge in [0.1, 0.15) is 5.69 Å². The molecule has 6 heteroatoms. The Bertz CT molecular complexity index is 360. The zero-order chi connectivity index (χ0) is 9.14. The van der Waals surface area contributed by atoms with E-state index in [2.05, 4.69) is 15.3 Å². The number of nitrogens with one attached hydrogen (secondary N) is 2. The van der Waals surface area contributed by atoms with Crippen molar-refractivity contribution in [3.8, 4) is 0 Å². The molecule has 5 nitrogen and oxygen atoms in total. The topological polar surface area (TPSA) is 74.8 Å². The highest BCUT2D eigenvalue weighted by Crippen LogP contribution is 2.08. The summed E-state index contributed by atoms with van der Waals surface area (Å²) in [5, 5.41) is 2.45. The molecule has 0 aliphatic heterocycles. The van der Waals surface area contributed by atoms with Crippen molar-refractivity contribution < 1.29 is 4.79 Å². The van der Waals surface area contributed by atoms with E-state index in [1.54, 1.807) is 0 Å². The van der Waals surface area contributed by atoms with Crippen molar-refractivity contribution >= 4 is 17.5 Å². The molecule has 2 N–H and O–H groups in total. The number of H-pyrrole nitrogens is 1. The molecule has 0 fully saturated rings. The minimum absolute atomic E-state index is 0.0270. The fraction of sp³-hybridized carbons (Fsp3) is 0.167. The van der Waals surface area contributed by atoms with Crippen LogP contribution in [0, 0.1) is 0 Å². The summed E-state index contributed by atoms with van der Waals surface area (Å²) in [5.74, 6) is -0.445.